The number of hydrogen-bond acceptors (Lipinski definition) is 6. The Balaban J connectivity index is 2.10. The SMILES string of the molecule is CCN(CC)S(=O)(=O)c1cc(NC(=O)COC(=O)c2cccc[n+]2[O-])ccc1C. The molecular weight excluding hydrogens is 398 g/mol. The Morgan fingerprint density at radius 2 is 1.86 bits per heavy atom. The molecule has 0 atom stereocenters. The Morgan fingerprint density at radius 1 is 1.17 bits per heavy atom. The molecule has 0 aliphatic rings. The van der Waals surface area contributed by atoms with Crippen LogP contribution >= 0.6 is 0 Å². The standard InChI is InChI=1S/C19H23N3O6S/c1-4-21(5-2)29(26,27)17-12-15(10-9-14(17)3)20-18(23)13-28-19(24)16-8-6-7-11-22(16)25/h6-12H,4-5,13H2,1-3H3,(H,20,23). The van der Waals surface area contributed by atoms with Crippen LogP contribution in [0.3, 0.4) is 0 Å². The number of nitrogens with one attached hydrogen (secondary N) is 1. The molecule has 0 saturated heterocycles. The number of sulfonamides is 1. The van der Waals surface area contributed by atoms with Gasteiger partial charge in [-0.1, -0.05) is 19.9 Å². The third kappa shape index (κ3) is 5.30. The lowest BCUT2D eigenvalue weighted by Crippen LogP contribution is -2.35. The van der Waals surface area contributed by atoms with Crippen LogP contribution in [0.1, 0.15) is 29.9 Å². The van der Waals surface area contributed by atoms with Gasteiger partial charge in [-0.3, -0.25) is 4.79 Å². The van der Waals surface area contributed by atoms with Gasteiger partial charge in [0.2, 0.25) is 10.0 Å². The van der Waals surface area contributed by atoms with Crippen LogP contribution in [0, 0.1) is 12.1 Å². The lowest BCUT2D eigenvalue weighted by atomic mass is 10.2. The molecule has 1 aromatic carbocycles. The first-order chi connectivity index (χ1) is 13.7. The number of carbonyl (C=O) groups is 2. The van der Waals surface area contributed by atoms with E-state index in [9.17, 15) is 23.2 Å². The molecule has 156 valence electrons. The number of aryl methyl sites for hydroxylation is 1. The van der Waals surface area contributed by atoms with Crippen molar-refractivity contribution in [3.05, 3.63) is 59.1 Å². The summed E-state index contributed by atoms with van der Waals surface area (Å²) in [5.74, 6) is -1.61. The molecule has 10 heteroatoms. The van der Waals surface area contributed by atoms with Gasteiger partial charge in [-0.15, -0.1) is 0 Å². The Morgan fingerprint density at radius 3 is 2.48 bits per heavy atom. The molecule has 1 amide bonds. The number of esters is 1. The molecule has 1 N–H and O–H groups in total. The molecule has 0 aliphatic heterocycles. The van der Waals surface area contributed by atoms with Gasteiger partial charge in [-0.05, 0) is 30.7 Å². The number of nitrogens with zero attached hydrogens (tertiary/aromatic N) is 2. The van der Waals surface area contributed by atoms with E-state index in [0.29, 0.717) is 23.4 Å². The fourth-order valence-electron chi connectivity index (χ4n) is 2.65. The van der Waals surface area contributed by atoms with E-state index >= 15 is 0 Å². The van der Waals surface area contributed by atoms with E-state index in [1.54, 1.807) is 32.9 Å². The van der Waals surface area contributed by atoms with Crippen molar-refractivity contribution in [3.8, 4) is 0 Å². The zero-order valence-electron chi connectivity index (χ0n) is 16.4. The highest BCUT2D eigenvalue weighted by atomic mass is 32.2. The van der Waals surface area contributed by atoms with Gasteiger partial charge < -0.3 is 15.3 Å². The molecule has 2 aromatic rings. The second-order valence-corrected chi connectivity index (χ2v) is 8.01. The van der Waals surface area contributed by atoms with E-state index in [-0.39, 0.29) is 16.3 Å². The molecule has 0 aliphatic carbocycles. The number of rotatable bonds is 8. The zero-order chi connectivity index (χ0) is 21.6. The fraction of sp³-hybridized carbons (Fsp3) is 0.316. The topological polar surface area (TPSA) is 120 Å². The third-order valence-electron chi connectivity index (χ3n) is 4.16. The molecule has 0 bridgehead atoms. The lowest BCUT2D eigenvalue weighted by Gasteiger charge is -2.20. The average molecular weight is 421 g/mol. The number of pyridine rings is 1. The summed E-state index contributed by atoms with van der Waals surface area (Å²) >= 11 is 0. The van der Waals surface area contributed by atoms with Crippen LogP contribution in [0.4, 0.5) is 5.69 Å². The average Bonchev–Trinajstić information content (AvgIpc) is 2.68. The van der Waals surface area contributed by atoms with Crippen molar-refractivity contribution in [3.63, 3.8) is 0 Å². The van der Waals surface area contributed by atoms with Crippen LogP contribution in [-0.4, -0.2) is 44.3 Å². The summed E-state index contributed by atoms with van der Waals surface area (Å²) in [4.78, 5) is 24.1. The summed E-state index contributed by atoms with van der Waals surface area (Å²) in [5.41, 5.74) is 0.551. The zero-order valence-corrected chi connectivity index (χ0v) is 17.2. The summed E-state index contributed by atoms with van der Waals surface area (Å²) in [7, 11) is -3.70. The molecule has 2 rings (SSSR count). The van der Waals surface area contributed by atoms with Gasteiger partial charge in [0.15, 0.2) is 12.8 Å². The molecule has 0 unspecified atom stereocenters. The molecule has 9 nitrogen and oxygen atoms in total. The van der Waals surface area contributed by atoms with Crippen molar-refractivity contribution in [2.75, 3.05) is 25.0 Å². The number of hydrogen-bond donors (Lipinski definition) is 1. The van der Waals surface area contributed by atoms with Crippen molar-refractivity contribution in [2.24, 2.45) is 0 Å². The lowest BCUT2D eigenvalue weighted by molar-refractivity contribution is -0.608. The Bertz CT molecular complexity index is 1000. The smallest absolute Gasteiger partial charge is 0.405 e. The predicted molar refractivity (Wildman–Crippen MR) is 106 cm³/mol. The normalized spacial score (nSPS) is 11.3. The van der Waals surface area contributed by atoms with Crippen molar-refractivity contribution in [1.29, 1.82) is 0 Å². The van der Waals surface area contributed by atoms with Crippen molar-refractivity contribution < 1.29 is 27.5 Å². The molecule has 1 heterocycles. The Kier molecular flexibility index (Phi) is 7.29. The summed E-state index contributed by atoms with van der Waals surface area (Å²) < 4.78 is 32.0. The van der Waals surface area contributed by atoms with Crippen LogP contribution in [0.2, 0.25) is 0 Å². The Labute approximate surface area is 169 Å². The van der Waals surface area contributed by atoms with E-state index in [1.165, 1.54) is 28.6 Å². The maximum Gasteiger partial charge on any atom is 0.405 e. The van der Waals surface area contributed by atoms with Gasteiger partial charge in [0.25, 0.3) is 5.91 Å². The van der Waals surface area contributed by atoms with Crippen LogP contribution in [0.25, 0.3) is 0 Å². The summed E-state index contributed by atoms with van der Waals surface area (Å²) in [6.07, 6.45) is 1.14. The first-order valence-corrected chi connectivity index (χ1v) is 10.4. The molecule has 0 saturated carbocycles. The summed E-state index contributed by atoms with van der Waals surface area (Å²) in [6.45, 7) is 5.18. The van der Waals surface area contributed by atoms with Crippen LogP contribution in [0.15, 0.2) is 47.5 Å². The quantitative estimate of drug-likeness (QED) is 0.391. The van der Waals surface area contributed by atoms with Crippen LogP contribution in [-0.2, 0) is 19.6 Å². The molecule has 29 heavy (non-hydrogen) atoms. The molecule has 0 fully saturated rings. The second kappa shape index (κ2) is 9.48. The van der Waals surface area contributed by atoms with Gasteiger partial charge >= 0.3 is 11.7 Å². The summed E-state index contributed by atoms with van der Waals surface area (Å²) in [5, 5.41) is 14.0. The van der Waals surface area contributed by atoms with Crippen molar-refractivity contribution >= 4 is 27.6 Å². The number of aromatic nitrogens is 1. The predicted octanol–water partition coefficient (Wildman–Crippen LogP) is 1.45. The highest BCUT2D eigenvalue weighted by Crippen LogP contribution is 2.23. The number of amides is 1. The van der Waals surface area contributed by atoms with E-state index in [2.05, 4.69) is 5.32 Å². The van der Waals surface area contributed by atoms with E-state index < -0.39 is 28.5 Å². The van der Waals surface area contributed by atoms with E-state index in [4.69, 9.17) is 4.74 Å². The number of benzene rings is 1. The molecule has 1 aromatic heterocycles. The number of anilines is 1. The summed E-state index contributed by atoms with van der Waals surface area (Å²) in [6, 6.07) is 8.73. The van der Waals surface area contributed by atoms with Crippen LogP contribution < -0.4 is 10.0 Å². The van der Waals surface area contributed by atoms with Crippen LogP contribution in [0.5, 0.6) is 0 Å². The number of carbonyl (C=O) groups excluding carboxylic acids is 2. The molecule has 0 spiro atoms. The van der Waals surface area contributed by atoms with Crippen molar-refractivity contribution in [2.45, 2.75) is 25.7 Å². The molecule has 0 radical (unpaired) electrons. The van der Waals surface area contributed by atoms with Gasteiger partial charge in [-0.25, -0.2) is 13.2 Å². The van der Waals surface area contributed by atoms with Gasteiger partial charge in [-0.2, -0.15) is 9.04 Å². The maximum atomic E-state index is 12.8. The maximum absolute atomic E-state index is 12.8. The molecular formula is C19H23N3O6S. The monoisotopic (exact) mass is 421 g/mol. The first kappa shape index (κ1) is 22.3. The van der Waals surface area contributed by atoms with Gasteiger partial charge in [0.1, 0.15) is 0 Å². The van der Waals surface area contributed by atoms with E-state index in [0.717, 1.165) is 6.20 Å². The fourth-order valence-corrected chi connectivity index (χ4v) is 4.36. The minimum atomic E-state index is -3.70. The van der Waals surface area contributed by atoms with E-state index in [1.807, 2.05) is 0 Å². The first-order valence-electron chi connectivity index (χ1n) is 8.96. The second-order valence-electron chi connectivity index (χ2n) is 6.11. The largest absolute Gasteiger partial charge is 0.618 e. The number of ether oxygens (including phenoxy) is 1. The Hall–Kier alpha value is -2.98. The van der Waals surface area contributed by atoms with Gasteiger partial charge in [0, 0.05) is 30.9 Å². The van der Waals surface area contributed by atoms with Gasteiger partial charge in [0.05, 0.1) is 4.90 Å². The van der Waals surface area contributed by atoms with Crippen molar-refractivity contribution in [1.82, 2.24) is 4.31 Å². The highest BCUT2D eigenvalue weighted by molar-refractivity contribution is 7.89. The minimum Gasteiger partial charge on any atom is -0.618 e. The third-order valence-corrected chi connectivity index (χ3v) is 6.35. The highest BCUT2D eigenvalue weighted by Gasteiger charge is 2.24. The minimum absolute atomic E-state index is 0.0904.